The molecule has 0 saturated heterocycles. The Morgan fingerprint density at radius 2 is 2.36 bits per heavy atom. The Hall–Kier alpha value is -0.960. The molecule has 0 amide bonds. The lowest BCUT2D eigenvalue weighted by atomic mass is 10.2. The molecule has 1 aromatic rings. The molecule has 0 N–H and O–H groups in total. The van der Waals surface area contributed by atoms with Crippen molar-refractivity contribution in [2.45, 2.75) is 19.8 Å². The maximum atomic E-state index is 11.3. The molecule has 1 rings (SSSR count). The first-order chi connectivity index (χ1) is 6.72. The summed E-state index contributed by atoms with van der Waals surface area (Å²) in [5, 5.41) is 0. The number of ketones is 1. The van der Waals surface area contributed by atoms with Gasteiger partial charge in [-0.05, 0) is 40.6 Å². The van der Waals surface area contributed by atoms with E-state index in [0.29, 0.717) is 6.42 Å². The summed E-state index contributed by atoms with van der Waals surface area (Å²) in [6.07, 6.45) is 6.44. The van der Waals surface area contributed by atoms with Crippen molar-refractivity contribution in [1.29, 1.82) is 0 Å². The zero-order valence-corrected chi connectivity index (χ0v) is 9.62. The molecular weight excluding hydrogens is 242 g/mol. The molecule has 1 aromatic heterocycles. The van der Waals surface area contributed by atoms with E-state index in [1.54, 1.807) is 12.3 Å². The number of halogens is 1. The lowest BCUT2D eigenvalue weighted by molar-refractivity contribution is -0.114. The third-order valence-electron chi connectivity index (χ3n) is 1.68. The van der Waals surface area contributed by atoms with Gasteiger partial charge in [-0.2, -0.15) is 0 Å². The maximum Gasteiger partial charge on any atom is 0.161 e. The highest BCUT2D eigenvalue weighted by atomic mass is 79.9. The van der Waals surface area contributed by atoms with Crippen molar-refractivity contribution in [3.8, 4) is 0 Å². The van der Waals surface area contributed by atoms with Crippen molar-refractivity contribution in [2.24, 2.45) is 0 Å². The van der Waals surface area contributed by atoms with Gasteiger partial charge in [0.15, 0.2) is 5.78 Å². The molecule has 14 heavy (non-hydrogen) atoms. The van der Waals surface area contributed by atoms with E-state index in [2.05, 4.69) is 20.9 Å². The predicted octanol–water partition coefficient (Wildman–Crippen LogP) is 2.92. The van der Waals surface area contributed by atoms with Crippen molar-refractivity contribution < 1.29 is 4.79 Å². The van der Waals surface area contributed by atoms with Crippen LogP contribution in [0.25, 0.3) is 0 Å². The predicted molar refractivity (Wildman–Crippen MR) is 60.1 cm³/mol. The van der Waals surface area contributed by atoms with Gasteiger partial charge in [0, 0.05) is 16.4 Å². The molecule has 0 unspecified atom stereocenters. The van der Waals surface area contributed by atoms with Gasteiger partial charge in [0.1, 0.15) is 0 Å². The first-order valence-electron chi connectivity index (χ1n) is 4.52. The van der Waals surface area contributed by atoms with Crippen molar-refractivity contribution in [3.05, 3.63) is 40.6 Å². The summed E-state index contributed by atoms with van der Waals surface area (Å²) >= 11 is 3.29. The summed E-state index contributed by atoms with van der Waals surface area (Å²) in [5.74, 6) is 0.0988. The van der Waals surface area contributed by atoms with Gasteiger partial charge >= 0.3 is 0 Å². The molecule has 2 nitrogen and oxygen atoms in total. The average Bonchev–Trinajstić information content (AvgIpc) is 2.18. The van der Waals surface area contributed by atoms with Crippen LogP contribution < -0.4 is 0 Å². The van der Waals surface area contributed by atoms with Crippen LogP contribution in [0.1, 0.15) is 19.0 Å². The number of hydrogen-bond donors (Lipinski definition) is 0. The molecule has 0 atom stereocenters. The first kappa shape index (κ1) is 11.1. The Labute approximate surface area is 92.2 Å². The minimum atomic E-state index is 0.0988. The largest absolute Gasteiger partial charge is 0.294 e. The number of pyridine rings is 1. The topological polar surface area (TPSA) is 30.0 Å². The van der Waals surface area contributed by atoms with Gasteiger partial charge in [0.05, 0.1) is 6.42 Å². The van der Waals surface area contributed by atoms with Crippen LogP contribution in [0.5, 0.6) is 0 Å². The van der Waals surface area contributed by atoms with Crippen molar-refractivity contribution in [2.75, 3.05) is 0 Å². The van der Waals surface area contributed by atoms with E-state index in [4.69, 9.17) is 0 Å². The Bertz CT molecular complexity index is 330. The van der Waals surface area contributed by atoms with Crippen LogP contribution in [-0.4, -0.2) is 10.8 Å². The van der Waals surface area contributed by atoms with Crippen LogP contribution in [-0.2, 0) is 11.2 Å². The average molecular weight is 254 g/mol. The molecule has 0 spiro atoms. The standard InChI is InChI=1S/C11H12BrNO/c1-2-3-4-11(14)7-10-6-5-9(12)8-13-10/h3-6,8H,2,7H2,1H3/b4-3+. The highest BCUT2D eigenvalue weighted by molar-refractivity contribution is 9.10. The molecular formula is C11H12BrNO. The van der Waals surface area contributed by atoms with E-state index in [1.807, 2.05) is 25.1 Å². The van der Waals surface area contributed by atoms with E-state index in [1.165, 1.54) is 0 Å². The van der Waals surface area contributed by atoms with Crippen LogP contribution in [0.2, 0.25) is 0 Å². The molecule has 0 saturated carbocycles. The van der Waals surface area contributed by atoms with Crippen molar-refractivity contribution in [3.63, 3.8) is 0 Å². The number of allylic oxidation sites excluding steroid dienone is 2. The van der Waals surface area contributed by atoms with Gasteiger partial charge in [0.25, 0.3) is 0 Å². The zero-order chi connectivity index (χ0) is 10.4. The summed E-state index contributed by atoms with van der Waals surface area (Å²) in [6, 6.07) is 3.74. The molecule has 0 aliphatic heterocycles. The lowest BCUT2D eigenvalue weighted by Crippen LogP contribution is -2.00. The van der Waals surface area contributed by atoms with Crippen LogP contribution in [0.15, 0.2) is 35.0 Å². The van der Waals surface area contributed by atoms with E-state index < -0.39 is 0 Å². The van der Waals surface area contributed by atoms with Gasteiger partial charge in [0.2, 0.25) is 0 Å². The van der Waals surface area contributed by atoms with Gasteiger partial charge in [-0.15, -0.1) is 0 Å². The van der Waals surface area contributed by atoms with Crippen LogP contribution in [0.4, 0.5) is 0 Å². The van der Waals surface area contributed by atoms with Gasteiger partial charge in [-0.1, -0.05) is 13.0 Å². The molecule has 0 aliphatic carbocycles. The first-order valence-corrected chi connectivity index (χ1v) is 5.31. The van der Waals surface area contributed by atoms with E-state index in [0.717, 1.165) is 16.6 Å². The second-order valence-corrected chi connectivity index (χ2v) is 3.84. The van der Waals surface area contributed by atoms with Crippen molar-refractivity contribution >= 4 is 21.7 Å². The molecule has 3 heteroatoms. The van der Waals surface area contributed by atoms with Gasteiger partial charge in [-0.3, -0.25) is 9.78 Å². The number of hydrogen-bond acceptors (Lipinski definition) is 2. The number of rotatable bonds is 4. The van der Waals surface area contributed by atoms with E-state index in [9.17, 15) is 4.79 Å². The molecule has 1 heterocycles. The van der Waals surface area contributed by atoms with E-state index >= 15 is 0 Å². The molecule has 0 fully saturated rings. The Morgan fingerprint density at radius 1 is 1.57 bits per heavy atom. The van der Waals surface area contributed by atoms with Crippen LogP contribution in [0.3, 0.4) is 0 Å². The molecule has 0 bridgehead atoms. The fourth-order valence-corrected chi connectivity index (χ4v) is 1.23. The van der Waals surface area contributed by atoms with Gasteiger partial charge in [-0.25, -0.2) is 0 Å². The van der Waals surface area contributed by atoms with E-state index in [-0.39, 0.29) is 5.78 Å². The minimum Gasteiger partial charge on any atom is -0.294 e. The second-order valence-electron chi connectivity index (χ2n) is 2.92. The van der Waals surface area contributed by atoms with Crippen LogP contribution in [0, 0.1) is 0 Å². The highest BCUT2D eigenvalue weighted by Crippen LogP contribution is 2.07. The van der Waals surface area contributed by atoms with Gasteiger partial charge < -0.3 is 0 Å². The highest BCUT2D eigenvalue weighted by Gasteiger charge is 2.00. The van der Waals surface area contributed by atoms with Crippen molar-refractivity contribution in [1.82, 2.24) is 4.98 Å². The maximum absolute atomic E-state index is 11.3. The Balaban J connectivity index is 2.56. The fraction of sp³-hybridized carbons (Fsp3) is 0.273. The summed E-state index contributed by atoms with van der Waals surface area (Å²) in [6.45, 7) is 2.00. The number of aromatic nitrogens is 1. The normalized spacial score (nSPS) is 10.7. The third-order valence-corrected chi connectivity index (χ3v) is 2.15. The summed E-state index contributed by atoms with van der Waals surface area (Å²) < 4.78 is 0.929. The number of nitrogens with zero attached hydrogens (tertiary/aromatic N) is 1. The molecule has 0 radical (unpaired) electrons. The second kappa shape index (κ2) is 5.70. The molecule has 0 aromatic carbocycles. The minimum absolute atomic E-state index is 0.0988. The zero-order valence-electron chi connectivity index (χ0n) is 8.03. The number of carbonyl (C=O) groups excluding carboxylic acids is 1. The quantitative estimate of drug-likeness (QED) is 0.773. The SMILES string of the molecule is CC/C=C/C(=O)Cc1ccc(Br)cn1. The Kier molecular flexibility index (Phi) is 4.53. The summed E-state index contributed by atoms with van der Waals surface area (Å²) in [4.78, 5) is 15.4. The summed E-state index contributed by atoms with van der Waals surface area (Å²) in [5.41, 5.74) is 0.805. The van der Waals surface area contributed by atoms with Crippen LogP contribution >= 0.6 is 15.9 Å². The lowest BCUT2D eigenvalue weighted by Gasteiger charge is -1.96. The molecule has 74 valence electrons. The molecule has 0 aliphatic rings. The monoisotopic (exact) mass is 253 g/mol. The Morgan fingerprint density at radius 3 is 2.93 bits per heavy atom. The summed E-state index contributed by atoms with van der Waals surface area (Å²) in [7, 11) is 0. The smallest absolute Gasteiger partial charge is 0.161 e. The number of carbonyl (C=O) groups is 1. The third kappa shape index (κ3) is 3.83. The fourth-order valence-electron chi connectivity index (χ4n) is 0.998.